The molecule has 0 bridgehead atoms. The molecule has 1 heterocycles. The second kappa shape index (κ2) is 3.64. The highest BCUT2D eigenvalue weighted by Crippen LogP contribution is 2.45. The molecule has 1 aliphatic carbocycles. The molecule has 1 aliphatic heterocycles. The minimum absolute atomic E-state index is 0.528. The molecule has 0 unspecified atom stereocenters. The van der Waals surface area contributed by atoms with Gasteiger partial charge in [-0.2, -0.15) is 0 Å². The van der Waals surface area contributed by atoms with Crippen molar-refractivity contribution in [2.75, 3.05) is 13.1 Å². The highest BCUT2D eigenvalue weighted by molar-refractivity contribution is 5.39. The minimum Gasteiger partial charge on any atom is -0.317 e. The molecule has 0 radical (unpaired) electrons. The summed E-state index contributed by atoms with van der Waals surface area (Å²) in [6, 6.07) is 9.09. The van der Waals surface area contributed by atoms with Crippen molar-refractivity contribution in [2.45, 2.75) is 37.5 Å². The van der Waals surface area contributed by atoms with Gasteiger partial charge in [-0.25, -0.2) is 0 Å². The summed E-state index contributed by atoms with van der Waals surface area (Å²) in [4.78, 5) is 0. The van der Waals surface area contributed by atoms with E-state index in [9.17, 15) is 0 Å². The zero-order chi connectivity index (χ0) is 10.1. The number of benzene rings is 1. The van der Waals surface area contributed by atoms with Gasteiger partial charge in [-0.3, -0.25) is 0 Å². The van der Waals surface area contributed by atoms with Gasteiger partial charge in [0.05, 0.1) is 0 Å². The van der Waals surface area contributed by atoms with Crippen molar-refractivity contribution < 1.29 is 0 Å². The van der Waals surface area contributed by atoms with Crippen LogP contribution in [-0.4, -0.2) is 13.1 Å². The third-order valence-corrected chi connectivity index (χ3v) is 4.25. The van der Waals surface area contributed by atoms with Crippen LogP contribution in [0.4, 0.5) is 0 Å². The number of hydrogen-bond acceptors (Lipinski definition) is 1. The first kappa shape index (κ1) is 9.41. The van der Waals surface area contributed by atoms with Crippen LogP contribution in [-0.2, 0) is 11.8 Å². The van der Waals surface area contributed by atoms with Crippen molar-refractivity contribution in [3.05, 3.63) is 35.4 Å². The van der Waals surface area contributed by atoms with E-state index in [-0.39, 0.29) is 0 Å². The largest absolute Gasteiger partial charge is 0.317 e. The van der Waals surface area contributed by atoms with Gasteiger partial charge in [-0.05, 0) is 61.7 Å². The van der Waals surface area contributed by atoms with E-state index in [0.717, 1.165) is 0 Å². The average Bonchev–Trinajstić information content (AvgIpc) is 2.48. The summed E-state index contributed by atoms with van der Waals surface area (Å²) in [5.41, 5.74) is 3.80. The maximum absolute atomic E-state index is 3.53. The summed E-state index contributed by atoms with van der Waals surface area (Å²) in [5.74, 6) is 0. The fourth-order valence-corrected chi connectivity index (χ4v) is 3.41. The van der Waals surface area contributed by atoms with Crippen LogP contribution in [0.1, 0.15) is 36.8 Å². The van der Waals surface area contributed by atoms with Gasteiger partial charge in [0.2, 0.25) is 0 Å². The molecule has 80 valence electrons. The van der Waals surface area contributed by atoms with Crippen molar-refractivity contribution in [1.29, 1.82) is 0 Å². The molecule has 0 saturated carbocycles. The fraction of sp³-hybridized carbons (Fsp3) is 0.571. The van der Waals surface area contributed by atoms with E-state index < -0.39 is 0 Å². The predicted octanol–water partition coefficient (Wildman–Crippen LogP) is 2.64. The summed E-state index contributed by atoms with van der Waals surface area (Å²) in [7, 11) is 0. The van der Waals surface area contributed by atoms with Crippen LogP contribution in [0.15, 0.2) is 24.3 Å². The van der Waals surface area contributed by atoms with Crippen molar-refractivity contribution in [2.24, 2.45) is 0 Å². The third kappa shape index (κ3) is 1.50. The van der Waals surface area contributed by atoms with Crippen molar-refractivity contribution in [3.63, 3.8) is 0 Å². The molecule has 1 N–H and O–H groups in total. The van der Waals surface area contributed by atoms with Gasteiger partial charge in [0, 0.05) is 0 Å². The van der Waals surface area contributed by atoms with Crippen LogP contribution in [0.2, 0.25) is 0 Å². The van der Waals surface area contributed by atoms with Gasteiger partial charge in [0.25, 0.3) is 0 Å². The Labute approximate surface area is 91.9 Å². The minimum atomic E-state index is 0.528. The number of fused-ring (bicyclic) bond motifs is 2. The number of nitrogens with one attached hydrogen (secondary N) is 1. The highest BCUT2D eigenvalue weighted by atomic mass is 14.9. The molecule has 1 aromatic carbocycles. The zero-order valence-electron chi connectivity index (χ0n) is 9.26. The average molecular weight is 201 g/mol. The lowest BCUT2D eigenvalue weighted by atomic mass is 9.76. The lowest BCUT2D eigenvalue weighted by Gasteiger charge is -2.28. The molecule has 15 heavy (non-hydrogen) atoms. The summed E-state index contributed by atoms with van der Waals surface area (Å²) >= 11 is 0. The molecule has 1 nitrogen and oxygen atoms in total. The normalized spacial score (nSPS) is 30.1. The van der Waals surface area contributed by atoms with Crippen LogP contribution in [0.5, 0.6) is 0 Å². The number of aryl methyl sites for hydroxylation is 1. The second-order valence-electron chi connectivity index (χ2n) is 5.04. The first-order chi connectivity index (χ1) is 7.41. The van der Waals surface area contributed by atoms with Gasteiger partial charge >= 0.3 is 0 Å². The highest BCUT2D eigenvalue weighted by Gasteiger charge is 2.37. The Hall–Kier alpha value is -0.820. The van der Waals surface area contributed by atoms with Crippen molar-refractivity contribution in [1.82, 2.24) is 5.32 Å². The third-order valence-electron chi connectivity index (χ3n) is 4.25. The molecule has 1 saturated heterocycles. The fourth-order valence-electron chi connectivity index (χ4n) is 3.41. The van der Waals surface area contributed by atoms with Gasteiger partial charge in [-0.15, -0.1) is 0 Å². The van der Waals surface area contributed by atoms with E-state index in [4.69, 9.17) is 0 Å². The molecule has 1 spiro atoms. The summed E-state index contributed by atoms with van der Waals surface area (Å²) in [6.07, 6.45) is 6.75. The van der Waals surface area contributed by atoms with Crippen LogP contribution < -0.4 is 5.32 Å². The monoisotopic (exact) mass is 201 g/mol. The molecule has 2 aliphatic rings. The van der Waals surface area contributed by atoms with E-state index in [1.165, 1.54) is 45.2 Å². The van der Waals surface area contributed by atoms with Gasteiger partial charge < -0.3 is 5.32 Å². The second-order valence-corrected chi connectivity index (χ2v) is 5.04. The molecule has 0 amide bonds. The zero-order valence-corrected chi connectivity index (χ0v) is 9.26. The van der Waals surface area contributed by atoms with Gasteiger partial charge in [0.15, 0.2) is 0 Å². The first-order valence-electron chi connectivity index (χ1n) is 6.20. The molecular formula is C14H19N. The predicted molar refractivity (Wildman–Crippen MR) is 63.2 cm³/mol. The first-order valence-corrected chi connectivity index (χ1v) is 6.20. The number of rotatable bonds is 0. The maximum Gasteiger partial charge on any atom is -0.00286 e. The Kier molecular flexibility index (Phi) is 2.28. The Morgan fingerprint density at radius 3 is 2.93 bits per heavy atom. The molecule has 3 rings (SSSR count). The van der Waals surface area contributed by atoms with Gasteiger partial charge in [-0.1, -0.05) is 24.3 Å². The van der Waals surface area contributed by atoms with E-state index in [0.29, 0.717) is 5.41 Å². The van der Waals surface area contributed by atoms with E-state index in [1.807, 2.05) is 0 Å². The van der Waals surface area contributed by atoms with Crippen LogP contribution >= 0.6 is 0 Å². The molecule has 0 aromatic heterocycles. The van der Waals surface area contributed by atoms with Crippen molar-refractivity contribution >= 4 is 0 Å². The van der Waals surface area contributed by atoms with Crippen LogP contribution in [0.25, 0.3) is 0 Å². The summed E-state index contributed by atoms with van der Waals surface area (Å²) in [5, 5.41) is 3.53. The van der Waals surface area contributed by atoms with Crippen LogP contribution in [0.3, 0.4) is 0 Å². The van der Waals surface area contributed by atoms with Crippen LogP contribution in [0, 0.1) is 0 Å². The Morgan fingerprint density at radius 1 is 1.00 bits per heavy atom. The number of hydrogen-bond donors (Lipinski definition) is 1. The molecule has 1 fully saturated rings. The molecular weight excluding hydrogens is 182 g/mol. The maximum atomic E-state index is 3.53. The molecule has 1 atom stereocenters. The summed E-state index contributed by atoms with van der Waals surface area (Å²) < 4.78 is 0. The Morgan fingerprint density at radius 2 is 1.93 bits per heavy atom. The molecule has 1 heteroatoms. The lowest BCUT2D eigenvalue weighted by Crippen LogP contribution is -2.24. The lowest BCUT2D eigenvalue weighted by molar-refractivity contribution is 0.379. The topological polar surface area (TPSA) is 12.0 Å². The Bertz CT molecular complexity index is 348. The quantitative estimate of drug-likeness (QED) is 0.680. The van der Waals surface area contributed by atoms with Crippen molar-refractivity contribution in [3.8, 4) is 0 Å². The van der Waals surface area contributed by atoms with Gasteiger partial charge in [0.1, 0.15) is 0 Å². The standard InChI is InChI=1S/C14H19N/c1-2-5-13-12(4-1)6-8-14(13)7-3-10-15-11-9-14/h1-2,4-5,15H,3,6-11H2/t14-/m1/s1. The Balaban J connectivity index is 1.99. The van der Waals surface area contributed by atoms with E-state index >= 15 is 0 Å². The summed E-state index contributed by atoms with van der Waals surface area (Å²) in [6.45, 7) is 2.41. The SMILES string of the molecule is c1ccc2c(c1)CC[C@@]21CCCNCC1. The van der Waals surface area contributed by atoms with E-state index in [2.05, 4.69) is 29.6 Å². The van der Waals surface area contributed by atoms with E-state index in [1.54, 1.807) is 11.1 Å². The smallest absolute Gasteiger partial charge is 0.00286 e. The molecule has 1 aromatic rings.